The summed E-state index contributed by atoms with van der Waals surface area (Å²) in [4.78, 5) is 0. The Labute approximate surface area is 111 Å². The molecule has 0 aromatic heterocycles. The standard InChI is InChI=1S/C9H21OSi.BrH.Mg/c1-7-8-10-11(5,6)9(2,3)4;;/h1,7-8H2,2-6H3;1H;/q-1;;+2/p-1. The van der Waals surface area contributed by atoms with Gasteiger partial charge in [0.25, 0.3) is 0 Å². The minimum absolute atomic E-state index is 0. The van der Waals surface area contributed by atoms with Crippen LogP contribution in [-0.2, 0) is 4.43 Å². The minimum Gasteiger partial charge on any atom is -1.00 e. The first kappa shape index (κ1) is 19.9. The van der Waals surface area contributed by atoms with E-state index in [0.717, 1.165) is 13.0 Å². The van der Waals surface area contributed by atoms with Gasteiger partial charge in [-0.05, 0) is 18.1 Å². The quantitative estimate of drug-likeness (QED) is 0.515. The Morgan fingerprint density at radius 1 is 1.23 bits per heavy atom. The number of rotatable bonds is 3. The second-order valence-corrected chi connectivity index (χ2v) is 9.27. The molecule has 0 spiro atoms. The van der Waals surface area contributed by atoms with Gasteiger partial charge in [-0.25, -0.2) is 0 Å². The second-order valence-electron chi connectivity index (χ2n) is 4.46. The van der Waals surface area contributed by atoms with E-state index in [2.05, 4.69) is 40.8 Å². The third-order valence-corrected chi connectivity index (χ3v) is 6.95. The molecule has 0 saturated heterocycles. The Morgan fingerprint density at radius 2 is 1.62 bits per heavy atom. The maximum Gasteiger partial charge on any atom is 2.00 e. The smallest absolute Gasteiger partial charge is 1.00 e. The molecular weight excluding hydrogens is 256 g/mol. The Bertz CT molecular complexity index is 123. The van der Waals surface area contributed by atoms with Crippen molar-refractivity contribution in [1.29, 1.82) is 0 Å². The summed E-state index contributed by atoms with van der Waals surface area (Å²) in [7, 11) is -1.47. The predicted molar refractivity (Wildman–Crippen MR) is 58.9 cm³/mol. The summed E-state index contributed by atoms with van der Waals surface area (Å²) >= 11 is 0. The van der Waals surface area contributed by atoms with E-state index in [4.69, 9.17) is 4.43 Å². The van der Waals surface area contributed by atoms with E-state index in [-0.39, 0.29) is 40.0 Å². The van der Waals surface area contributed by atoms with Gasteiger partial charge in [0.05, 0.1) is 0 Å². The molecular formula is C9H21BrMgOSi. The van der Waals surface area contributed by atoms with E-state index < -0.39 is 8.32 Å². The van der Waals surface area contributed by atoms with Crippen molar-refractivity contribution in [2.45, 2.75) is 45.3 Å². The van der Waals surface area contributed by atoms with Crippen LogP contribution in [0.25, 0.3) is 0 Å². The first-order valence-electron chi connectivity index (χ1n) is 4.24. The molecule has 0 atom stereocenters. The summed E-state index contributed by atoms with van der Waals surface area (Å²) in [5, 5.41) is 0.335. The minimum atomic E-state index is -1.47. The number of hydrogen-bond donors (Lipinski definition) is 0. The van der Waals surface area contributed by atoms with Crippen molar-refractivity contribution in [3.05, 3.63) is 6.92 Å². The fraction of sp³-hybridized carbons (Fsp3) is 0.889. The van der Waals surface area contributed by atoms with Gasteiger partial charge < -0.3 is 28.3 Å². The van der Waals surface area contributed by atoms with Gasteiger partial charge in [-0.1, -0.05) is 20.8 Å². The summed E-state index contributed by atoms with van der Waals surface area (Å²) in [5.41, 5.74) is 0. The van der Waals surface area contributed by atoms with Crippen LogP contribution in [0.1, 0.15) is 27.2 Å². The van der Waals surface area contributed by atoms with Gasteiger partial charge in [-0.3, -0.25) is 0 Å². The summed E-state index contributed by atoms with van der Waals surface area (Å²) in [5.74, 6) is 0. The summed E-state index contributed by atoms with van der Waals surface area (Å²) < 4.78 is 5.82. The fourth-order valence-electron chi connectivity index (χ4n) is 0.544. The van der Waals surface area contributed by atoms with Crippen molar-refractivity contribution < 1.29 is 21.4 Å². The van der Waals surface area contributed by atoms with Crippen LogP contribution in [-0.4, -0.2) is 38.0 Å². The molecule has 0 saturated carbocycles. The molecule has 1 nitrogen and oxygen atoms in total. The molecule has 0 aliphatic carbocycles. The van der Waals surface area contributed by atoms with Crippen LogP contribution in [0.5, 0.6) is 0 Å². The SMILES string of the molecule is [Br-].[CH2-]CCO[Si](C)(C)C(C)(C)C.[Mg+2]. The van der Waals surface area contributed by atoms with Crippen LogP contribution in [0, 0.1) is 6.92 Å². The molecule has 4 heteroatoms. The average molecular weight is 278 g/mol. The van der Waals surface area contributed by atoms with Crippen LogP contribution in [0.2, 0.25) is 18.1 Å². The molecule has 0 aliphatic heterocycles. The average Bonchev–Trinajstić information content (AvgIpc) is 1.81. The van der Waals surface area contributed by atoms with Crippen LogP contribution in [0.15, 0.2) is 0 Å². The molecule has 0 aromatic carbocycles. The number of hydrogen-bond acceptors (Lipinski definition) is 1. The Hall–Kier alpha value is 1.42. The molecule has 0 aliphatic rings. The van der Waals surface area contributed by atoms with Gasteiger partial charge in [-0.15, -0.1) is 0 Å². The maximum absolute atomic E-state index is 5.82. The second kappa shape index (κ2) is 7.68. The zero-order valence-electron chi connectivity index (χ0n) is 9.61. The van der Waals surface area contributed by atoms with Gasteiger partial charge in [0.15, 0.2) is 8.32 Å². The van der Waals surface area contributed by atoms with Crippen molar-refractivity contribution in [1.82, 2.24) is 0 Å². The van der Waals surface area contributed by atoms with Crippen LogP contribution in [0.3, 0.4) is 0 Å². The third kappa shape index (κ3) is 7.36. The fourth-order valence-corrected chi connectivity index (χ4v) is 1.63. The Balaban J connectivity index is -0.000000500. The predicted octanol–water partition coefficient (Wildman–Crippen LogP) is -0.144. The Kier molecular flexibility index (Phi) is 11.8. The molecule has 0 radical (unpaired) electrons. The van der Waals surface area contributed by atoms with E-state index in [9.17, 15) is 0 Å². The van der Waals surface area contributed by atoms with E-state index in [1.807, 2.05) is 0 Å². The largest absolute Gasteiger partial charge is 2.00 e. The van der Waals surface area contributed by atoms with Gasteiger partial charge in [0, 0.05) is 6.61 Å². The maximum atomic E-state index is 5.82. The zero-order valence-corrected chi connectivity index (χ0v) is 13.6. The van der Waals surface area contributed by atoms with Crippen LogP contribution < -0.4 is 17.0 Å². The van der Waals surface area contributed by atoms with Gasteiger partial charge in [-0.2, -0.15) is 6.42 Å². The third-order valence-electron chi connectivity index (χ3n) is 2.41. The van der Waals surface area contributed by atoms with E-state index in [1.54, 1.807) is 0 Å². The number of halogens is 1. The van der Waals surface area contributed by atoms with Crippen LogP contribution in [0.4, 0.5) is 0 Å². The molecule has 13 heavy (non-hydrogen) atoms. The molecule has 0 unspecified atom stereocenters. The zero-order chi connectivity index (χ0) is 9.12. The van der Waals surface area contributed by atoms with Crippen LogP contribution >= 0.6 is 0 Å². The molecule has 0 N–H and O–H groups in total. The van der Waals surface area contributed by atoms with E-state index in [0.29, 0.717) is 5.04 Å². The molecule has 0 amide bonds. The van der Waals surface area contributed by atoms with Crippen molar-refractivity contribution in [2.75, 3.05) is 6.61 Å². The summed E-state index contributed by atoms with van der Waals surface area (Å²) in [6.07, 6.45) is 0.881. The summed E-state index contributed by atoms with van der Waals surface area (Å²) in [6.45, 7) is 15.9. The molecule has 0 bridgehead atoms. The van der Waals surface area contributed by atoms with Crippen molar-refractivity contribution in [2.24, 2.45) is 0 Å². The molecule has 0 heterocycles. The normalized spacial score (nSPS) is 11.5. The topological polar surface area (TPSA) is 9.23 Å². The van der Waals surface area contributed by atoms with Crippen molar-refractivity contribution in [3.63, 3.8) is 0 Å². The molecule has 76 valence electrons. The first-order valence-corrected chi connectivity index (χ1v) is 7.15. The monoisotopic (exact) mass is 276 g/mol. The molecule has 0 rings (SSSR count). The van der Waals surface area contributed by atoms with Crippen molar-refractivity contribution >= 4 is 31.4 Å². The molecule has 0 aromatic rings. The summed E-state index contributed by atoms with van der Waals surface area (Å²) in [6, 6.07) is 0. The van der Waals surface area contributed by atoms with E-state index in [1.165, 1.54) is 0 Å². The van der Waals surface area contributed by atoms with E-state index >= 15 is 0 Å². The Morgan fingerprint density at radius 3 is 1.85 bits per heavy atom. The van der Waals surface area contributed by atoms with Crippen molar-refractivity contribution in [3.8, 4) is 0 Å². The van der Waals surface area contributed by atoms with Gasteiger partial charge >= 0.3 is 23.1 Å². The molecule has 0 fully saturated rings. The van der Waals surface area contributed by atoms with Gasteiger partial charge in [0.2, 0.25) is 0 Å². The van der Waals surface area contributed by atoms with Gasteiger partial charge in [0.1, 0.15) is 0 Å². The first-order chi connectivity index (χ1) is 4.81.